The molecule has 0 bridgehead atoms. The Labute approximate surface area is 140 Å². The number of halogens is 2. The van der Waals surface area contributed by atoms with E-state index in [2.05, 4.69) is 5.32 Å². The van der Waals surface area contributed by atoms with E-state index in [0.717, 1.165) is 11.1 Å². The minimum absolute atomic E-state index is 0.245. The van der Waals surface area contributed by atoms with Gasteiger partial charge in [-0.3, -0.25) is 4.79 Å². The van der Waals surface area contributed by atoms with E-state index in [1.54, 1.807) is 18.2 Å². The Bertz CT molecular complexity index is 642. The second-order valence-corrected chi connectivity index (χ2v) is 5.52. The van der Waals surface area contributed by atoms with Crippen LogP contribution in [0.25, 0.3) is 0 Å². The van der Waals surface area contributed by atoms with Crippen molar-refractivity contribution in [2.45, 2.75) is 20.1 Å². The third-order valence-corrected chi connectivity index (χ3v) is 3.96. The van der Waals surface area contributed by atoms with E-state index in [0.29, 0.717) is 30.3 Å². The van der Waals surface area contributed by atoms with Gasteiger partial charge in [0.15, 0.2) is 0 Å². The third-order valence-electron chi connectivity index (χ3n) is 3.15. The van der Waals surface area contributed by atoms with Gasteiger partial charge in [0.05, 0.1) is 22.2 Å². The van der Waals surface area contributed by atoms with E-state index >= 15 is 0 Å². The Morgan fingerprint density at radius 1 is 1.09 bits per heavy atom. The summed E-state index contributed by atoms with van der Waals surface area (Å²) in [6, 6.07) is 12.9. The maximum absolute atomic E-state index is 12.1. The summed E-state index contributed by atoms with van der Waals surface area (Å²) in [4.78, 5) is 12.1. The second-order valence-electron chi connectivity index (χ2n) is 4.74. The van der Waals surface area contributed by atoms with Gasteiger partial charge in [-0.1, -0.05) is 53.5 Å². The molecule has 0 aliphatic heterocycles. The van der Waals surface area contributed by atoms with Gasteiger partial charge < -0.3 is 10.1 Å². The van der Waals surface area contributed by atoms with Gasteiger partial charge in [0.25, 0.3) is 5.91 Å². The van der Waals surface area contributed by atoms with Crippen molar-refractivity contribution < 1.29 is 9.53 Å². The van der Waals surface area contributed by atoms with Gasteiger partial charge in [-0.15, -0.1) is 0 Å². The van der Waals surface area contributed by atoms with Gasteiger partial charge in [0.2, 0.25) is 0 Å². The van der Waals surface area contributed by atoms with Gasteiger partial charge in [-0.05, 0) is 30.2 Å². The molecule has 1 amide bonds. The lowest BCUT2D eigenvalue weighted by Crippen LogP contribution is -2.23. The van der Waals surface area contributed by atoms with E-state index in [9.17, 15) is 4.79 Å². The summed E-state index contributed by atoms with van der Waals surface area (Å²) in [5.74, 6) is -0.245. The molecule has 0 saturated heterocycles. The Balaban J connectivity index is 1.95. The van der Waals surface area contributed by atoms with Crippen LogP contribution in [-0.2, 0) is 17.9 Å². The van der Waals surface area contributed by atoms with Crippen LogP contribution >= 0.6 is 23.2 Å². The number of amides is 1. The summed E-state index contributed by atoms with van der Waals surface area (Å²) >= 11 is 11.9. The molecule has 0 atom stereocenters. The molecule has 0 aliphatic carbocycles. The molecular formula is C17H17Cl2NO2. The van der Waals surface area contributed by atoms with Crippen LogP contribution in [0.2, 0.25) is 10.0 Å². The van der Waals surface area contributed by atoms with E-state index in [1.165, 1.54) is 0 Å². The van der Waals surface area contributed by atoms with Crippen molar-refractivity contribution in [1.29, 1.82) is 0 Å². The number of ether oxygens (including phenoxy) is 1. The zero-order valence-corrected chi connectivity index (χ0v) is 13.7. The van der Waals surface area contributed by atoms with Crippen LogP contribution in [0.15, 0.2) is 42.5 Å². The average molecular weight is 338 g/mol. The van der Waals surface area contributed by atoms with Crippen LogP contribution in [0.5, 0.6) is 0 Å². The fraction of sp³-hybridized carbons (Fsp3) is 0.235. The summed E-state index contributed by atoms with van der Waals surface area (Å²) in [6.07, 6.45) is 0. The molecule has 2 aromatic rings. The maximum atomic E-state index is 12.1. The average Bonchev–Trinajstić information content (AvgIpc) is 2.54. The minimum atomic E-state index is -0.245. The molecule has 0 spiro atoms. The Morgan fingerprint density at radius 2 is 1.77 bits per heavy atom. The number of nitrogens with one attached hydrogen (secondary N) is 1. The van der Waals surface area contributed by atoms with E-state index in [4.69, 9.17) is 27.9 Å². The summed E-state index contributed by atoms with van der Waals surface area (Å²) in [5, 5.41) is 3.47. The first-order chi connectivity index (χ1) is 10.6. The molecule has 2 rings (SSSR count). The van der Waals surface area contributed by atoms with Crippen molar-refractivity contribution in [3.05, 3.63) is 69.2 Å². The van der Waals surface area contributed by atoms with Crippen LogP contribution in [0.4, 0.5) is 0 Å². The van der Waals surface area contributed by atoms with E-state index < -0.39 is 0 Å². The zero-order valence-electron chi connectivity index (χ0n) is 12.2. The fourth-order valence-electron chi connectivity index (χ4n) is 1.93. The number of benzene rings is 2. The molecule has 0 saturated carbocycles. The highest BCUT2D eigenvalue weighted by Crippen LogP contribution is 2.25. The molecule has 5 heteroatoms. The van der Waals surface area contributed by atoms with Gasteiger partial charge in [0.1, 0.15) is 0 Å². The van der Waals surface area contributed by atoms with Crippen LogP contribution < -0.4 is 5.32 Å². The normalized spacial score (nSPS) is 10.5. The monoisotopic (exact) mass is 337 g/mol. The highest BCUT2D eigenvalue weighted by Gasteiger charge is 2.12. The molecule has 0 radical (unpaired) electrons. The molecule has 1 N–H and O–H groups in total. The maximum Gasteiger partial charge on any atom is 0.253 e. The van der Waals surface area contributed by atoms with Crippen molar-refractivity contribution in [2.24, 2.45) is 0 Å². The lowest BCUT2D eigenvalue weighted by Gasteiger charge is -2.08. The molecule has 22 heavy (non-hydrogen) atoms. The summed E-state index contributed by atoms with van der Waals surface area (Å²) in [5.41, 5.74) is 2.49. The third kappa shape index (κ3) is 4.47. The summed E-state index contributed by atoms with van der Waals surface area (Å²) in [7, 11) is 0. The van der Waals surface area contributed by atoms with Gasteiger partial charge >= 0.3 is 0 Å². The highest BCUT2D eigenvalue weighted by atomic mass is 35.5. The van der Waals surface area contributed by atoms with Crippen molar-refractivity contribution in [2.75, 3.05) is 6.61 Å². The first kappa shape index (κ1) is 16.8. The summed E-state index contributed by atoms with van der Waals surface area (Å²) in [6.45, 7) is 3.68. The van der Waals surface area contributed by atoms with E-state index in [-0.39, 0.29) is 10.9 Å². The fourth-order valence-corrected chi connectivity index (χ4v) is 2.32. The predicted octanol–water partition coefficient (Wildman–Crippen LogP) is 4.46. The van der Waals surface area contributed by atoms with Crippen LogP contribution in [0.1, 0.15) is 28.4 Å². The second kappa shape index (κ2) is 8.18. The largest absolute Gasteiger partial charge is 0.377 e. The molecule has 0 fully saturated rings. The van der Waals surface area contributed by atoms with Crippen molar-refractivity contribution >= 4 is 29.1 Å². The molecule has 0 heterocycles. The smallest absolute Gasteiger partial charge is 0.253 e. The molecule has 0 aromatic heterocycles. The Morgan fingerprint density at radius 3 is 2.45 bits per heavy atom. The number of rotatable bonds is 6. The van der Waals surface area contributed by atoms with E-state index in [1.807, 2.05) is 31.2 Å². The topological polar surface area (TPSA) is 38.3 Å². The summed E-state index contributed by atoms with van der Waals surface area (Å²) < 4.78 is 5.34. The van der Waals surface area contributed by atoms with Crippen LogP contribution in [0.3, 0.4) is 0 Å². The first-order valence-corrected chi connectivity index (χ1v) is 7.75. The Kier molecular flexibility index (Phi) is 6.25. The predicted molar refractivity (Wildman–Crippen MR) is 89.4 cm³/mol. The molecule has 0 unspecified atom stereocenters. The first-order valence-electron chi connectivity index (χ1n) is 6.99. The molecule has 2 aromatic carbocycles. The Hall–Kier alpha value is -1.55. The number of carbonyl (C=O) groups is 1. The molecule has 116 valence electrons. The molecule has 0 aliphatic rings. The lowest BCUT2D eigenvalue weighted by atomic mass is 10.1. The minimum Gasteiger partial charge on any atom is -0.377 e. The van der Waals surface area contributed by atoms with Crippen molar-refractivity contribution in [3.63, 3.8) is 0 Å². The van der Waals surface area contributed by atoms with Crippen molar-refractivity contribution in [1.82, 2.24) is 5.32 Å². The number of hydrogen-bond donors (Lipinski definition) is 1. The number of carbonyl (C=O) groups excluding carboxylic acids is 1. The highest BCUT2D eigenvalue weighted by molar-refractivity contribution is 6.43. The molecular weight excluding hydrogens is 321 g/mol. The van der Waals surface area contributed by atoms with Crippen LogP contribution in [-0.4, -0.2) is 12.5 Å². The number of hydrogen-bond acceptors (Lipinski definition) is 2. The van der Waals surface area contributed by atoms with Gasteiger partial charge in [-0.2, -0.15) is 0 Å². The molecule has 3 nitrogen and oxygen atoms in total. The van der Waals surface area contributed by atoms with Gasteiger partial charge in [-0.25, -0.2) is 0 Å². The van der Waals surface area contributed by atoms with Crippen LogP contribution in [0, 0.1) is 0 Å². The zero-order chi connectivity index (χ0) is 15.9. The lowest BCUT2D eigenvalue weighted by molar-refractivity contribution is 0.0951. The van der Waals surface area contributed by atoms with Gasteiger partial charge in [0, 0.05) is 13.2 Å². The SMILES string of the molecule is CCOCc1ccc(CNC(=O)c2cccc(Cl)c2Cl)cc1. The van der Waals surface area contributed by atoms with Crippen molar-refractivity contribution in [3.8, 4) is 0 Å². The quantitative estimate of drug-likeness (QED) is 0.844. The standard InChI is InChI=1S/C17H17Cl2NO2/c1-2-22-11-13-8-6-12(7-9-13)10-20-17(21)14-4-3-5-15(18)16(14)19/h3-9H,2,10-11H2,1H3,(H,20,21).